The van der Waals surface area contributed by atoms with Crippen molar-refractivity contribution < 1.29 is 54.6 Å². The Morgan fingerprint density at radius 2 is 1.21 bits per heavy atom. The van der Waals surface area contributed by atoms with Crippen molar-refractivity contribution in [3.63, 3.8) is 0 Å². The van der Waals surface area contributed by atoms with Crippen molar-refractivity contribution in [1.82, 2.24) is 3.71 Å². The Labute approximate surface area is 224 Å². The Bertz CT molecular complexity index is 1330. The van der Waals surface area contributed by atoms with Crippen LogP contribution in [-0.2, 0) is 53.4 Å². The average molecular weight is 588 g/mol. The number of carbonyl (C=O) groups excluding carboxylic acids is 3. The van der Waals surface area contributed by atoms with Gasteiger partial charge in [-0.05, 0) is 24.3 Å². The SMILES string of the molecule is CC(=O)OC[C@H]1O[C@@H](N(S(=O)(=O)c2ccccc2)S(=O)(=O)c2ccccc2)[C@H](F)[C@@H](OC(C)=O)[C@H]1OC(C)=O. The fourth-order valence-electron chi connectivity index (χ4n) is 3.84. The van der Waals surface area contributed by atoms with Gasteiger partial charge in [0.2, 0.25) is 0 Å². The quantitative estimate of drug-likeness (QED) is 0.309. The molecule has 12 nitrogen and oxygen atoms in total. The lowest BCUT2D eigenvalue weighted by molar-refractivity contribution is -0.245. The monoisotopic (exact) mass is 587 g/mol. The normalized spacial score (nSPS) is 23.6. The minimum Gasteiger partial charge on any atom is -0.463 e. The lowest BCUT2D eigenvalue weighted by atomic mass is 9.99. The maximum Gasteiger partial charge on any atom is 0.303 e. The Kier molecular flexibility index (Phi) is 9.43. The maximum atomic E-state index is 16.2. The number of esters is 3. The van der Waals surface area contributed by atoms with E-state index < -0.39 is 85.1 Å². The molecule has 2 aromatic rings. The van der Waals surface area contributed by atoms with Gasteiger partial charge in [0.1, 0.15) is 12.7 Å². The number of benzene rings is 2. The van der Waals surface area contributed by atoms with Gasteiger partial charge in [0.15, 0.2) is 24.6 Å². The molecule has 2 aromatic carbocycles. The van der Waals surface area contributed by atoms with Gasteiger partial charge in [0.25, 0.3) is 20.0 Å². The zero-order valence-electron chi connectivity index (χ0n) is 21.0. The number of carbonyl (C=O) groups is 3. The molecule has 0 saturated carbocycles. The van der Waals surface area contributed by atoms with Gasteiger partial charge in [-0.15, -0.1) is 0 Å². The highest BCUT2D eigenvalue weighted by Crippen LogP contribution is 2.36. The van der Waals surface area contributed by atoms with E-state index in [1.54, 1.807) is 0 Å². The minimum atomic E-state index is -5.06. The Morgan fingerprint density at radius 1 is 0.769 bits per heavy atom. The zero-order chi connectivity index (χ0) is 29.0. The standard InChI is InChI=1S/C24H26FNO11S2/c1-15(27)34-14-20-22(35-16(2)28)23(36-17(3)29)21(25)24(37-20)26(38(30,31)18-10-6-4-7-11-18)39(32,33)19-12-8-5-9-13-19/h4-13,20-24H,14H2,1-3H3/t20-,21-,22+,23-,24-/m1/s1. The molecular weight excluding hydrogens is 561 g/mol. The van der Waals surface area contributed by atoms with Crippen LogP contribution in [-0.4, -0.2) is 75.8 Å². The summed E-state index contributed by atoms with van der Waals surface area (Å²) >= 11 is 0. The molecule has 0 aliphatic carbocycles. The third-order valence-corrected chi connectivity index (χ3v) is 9.69. The highest BCUT2D eigenvalue weighted by molar-refractivity contribution is 8.04. The third-order valence-electron chi connectivity index (χ3n) is 5.41. The summed E-state index contributed by atoms with van der Waals surface area (Å²) in [7, 11) is -10.1. The van der Waals surface area contributed by atoms with Gasteiger partial charge >= 0.3 is 17.9 Å². The first-order chi connectivity index (χ1) is 18.3. The second-order valence-electron chi connectivity index (χ2n) is 8.32. The van der Waals surface area contributed by atoms with Gasteiger partial charge in [-0.25, -0.2) is 21.2 Å². The van der Waals surface area contributed by atoms with E-state index in [4.69, 9.17) is 18.9 Å². The second kappa shape index (κ2) is 12.2. The summed E-state index contributed by atoms with van der Waals surface area (Å²) in [6.07, 6.45) is -10.6. The Hall–Kier alpha value is -3.40. The predicted molar refractivity (Wildman–Crippen MR) is 130 cm³/mol. The maximum absolute atomic E-state index is 16.2. The van der Waals surface area contributed by atoms with E-state index in [1.807, 2.05) is 0 Å². The molecular formula is C24H26FNO11S2. The first-order valence-electron chi connectivity index (χ1n) is 11.4. The summed E-state index contributed by atoms with van der Waals surface area (Å²) in [5.74, 6) is -2.83. The molecule has 1 fully saturated rings. The van der Waals surface area contributed by atoms with E-state index in [0.29, 0.717) is 0 Å². The van der Waals surface area contributed by atoms with Crippen LogP contribution in [0, 0.1) is 0 Å². The van der Waals surface area contributed by atoms with E-state index in [-0.39, 0.29) is 3.71 Å². The number of alkyl halides is 1. The fourth-order valence-corrected chi connectivity index (χ4v) is 7.69. The molecule has 39 heavy (non-hydrogen) atoms. The molecule has 0 N–H and O–H groups in total. The molecule has 1 aliphatic rings. The molecule has 0 bridgehead atoms. The molecule has 212 valence electrons. The smallest absolute Gasteiger partial charge is 0.303 e. The topological polar surface area (TPSA) is 160 Å². The highest BCUT2D eigenvalue weighted by Gasteiger charge is 2.57. The van der Waals surface area contributed by atoms with Gasteiger partial charge in [0, 0.05) is 20.8 Å². The molecule has 1 saturated heterocycles. The van der Waals surface area contributed by atoms with E-state index in [0.717, 1.165) is 45.0 Å². The van der Waals surface area contributed by atoms with Crippen LogP contribution < -0.4 is 0 Å². The number of nitrogens with zero attached hydrogens (tertiary/aromatic N) is 1. The van der Waals surface area contributed by atoms with Crippen molar-refractivity contribution >= 4 is 38.0 Å². The van der Waals surface area contributed by atoms with Crippen molar-refractivity contribution in [3.05, 3.63) is 60.7 Å². The van der Waals surface area contributed by atoms with Crippen LogP contribution in [0.2, 0.25) is 0 Å². The van der Waals surface area contributed by atoms with Crippen LogP contribution >= 0.6 is 0 Å². The van der Waals surface area contributed by atoms with Crippen molar-refractivity contribution in [3.8, 4) is 0 Å². The molecule has 0 aromatic heterocycles. The first-order valence-corrected chi connectivity index (χ1v) is 14.3. The Balaban J connectivity index is 2.24. The molecule has 15 heteroatoms. The van der Waals surface area contributed by atoms with E-state index in [9.17, 15) is 31.2 Å². The summed E-state index contributed by atoms with van der Waals surface area (Å²) in [6, 6.07) is 12.7. The average Bonchev–Trinajstić information content (AvgIpc) is 2.87. The predicted octanol–water partition coefficient (Wildman–Crippen LogP) is 1.56. The van der Waals surface area contributed by atoms with Gasteiger partial charge in [-0.3, -0.25) is 14.4 Å². The summed E-state index contributed by atoms with van der Waals surface area (Å²) in [4.78, 5) is 34.1. The first kappa shape index (κ1) is 30.1. The summed E-state index contributed by atoms with van der Waals surface area (Å²) < 4.78 is 91.8. The molecule has 3 rings (SSSR count). The lowest BCUT2D eigenvalue weighted by Crippen LogP contribution is -2.65. The second-order valence-corrected chi connectivity index (χ2v) is 12.2. The van der Waals surface area contributed by atoms with Crippen molar-refractivity contribution in [1.29, 1.82) is 0 Å². The fraction of sp³-hybridized carbons (Fsp3) is 0.375. The van der Waals surface area contributed by atoms with E-state index in [1.165, 1.54) is 36.4 Å². The number of hydrogen-bond donors (Lipinski definition) is 0. The summed E-state index contributed by atoms with van der Waals surface area (Å²) in [6.45, 7) is 2.20. The Morgan fingerprint density at radius 3 is 1.62 bits per heavy atom. The van der Waals surface area contributed by atoms with Crippen molar-refractivity contribution in [2.45, 2.75) is 61.3 Å². The van der Waals surface area contributed by atoms with Gasteiger partial charge in [-0.1, -0.05) is 40.1 Å². The van der Waals surface area contributed by atoms with Gasteiger partial charge in [-0.2, -0.15) is 0 Å². The van der Waals surface area contributed by atoms with Crippen molar-refractivity contribution in [2.75, 3.05) is 6.61 Å². The van der Waals surface area contributed by atoms with Gasteiger partial charge < -0.3 is 18.9 Å². The molecule has 1 heterocycles. The molecule has 0 radical (unpaired) electrons. The number of hydrogen-bond acceptors (Lipinski definition) is 11. The largest absolute Gasteiger partial charge is 0.463 e. The lowest BCUT2D eigenvalue weighted by Gasteiger charge is -2.44. The summed E-state index contributed by atoms with van der Waals surface area (Å²) in [5.41, 5.74) is 0. The van der Waals surface area contributed by atoms with Crippen LogP contribution in [0.4, 0.5) is 4.39 Å². The molecule has 5 atom stereocenters. The third kappa shape index (κ3) is 6.79. The highest BCUT2D eigenvalue weighted by atomic mass is 32.3. The van der Waals surface area contributed by atoms with Crippen molar-refractivity contribution in [2.24, 2.45) is 0 Å². The van der Waals surface area contributed by atoms with Gasteiger partial charge in [0.05, 0.1) is 9.79 Å². The van der Waals surface area contributed by atoms with E-state index in [2.05, 4.69) is 0 Å². The van der Waals surface area contributed by atoms with E-state index >= 15 is 4.39 Å². The minimum absolute atomic E-state index is 0.156. The van der Waals surface area contributed by atoms with Crippen LogP contribution in [0.3, 0.4) is 0 Å². The number of ether oxygens (including phenoxy) is 4. The van der Waals surface area contributed by atoms with Crippen LogP contribution in [0.15, 0.2) is 70.5 Å². The number of halogens is 1. The van der Waals surface area contributed by atoms with Crippen LogP contribution in [0.1, 0.15) is 20.8 Å². The molecule has 0 unspecified atom stereocenters. The zero-order valence-corrected chi connectivity index (χ0v) is 22.6. The molecule has 0 spiro atoms. The van der Waals surface area contributed by atoms with Crippen LogP contribution in [0.5, 0.6) is 0 Å². The molecule has 0 amide bonds. The van der Waals surface area contributed by atoms with Crippen LogP contribution in [0.25, 0.3) is 0 Å². The number of sulfonamides is 2. The summed E-state index contributed by atoms with van der Waals surface area (Å²) in [5, 5.41) is 0. The molecule has 1 aliphatic heterocycles. The number of rotatable bonds is 9.